The minimum Gasteiger partial charge on any atom is -0.375 e. The Balaban J connectivity index is 2.40. The fourth-order valence-electron chi connectivity index (χ4n) is 1.47. The third kappa shape index (κ3) is 5.62. The summed E-state index contributed by atoms with van der Waals surface area (Å²) in [6, 6.07) is 6.93. The Hall–Kier alpha value is -1.73. The molecule has 1 aromatic carbocycles. The largest absolute Gasteiger partial charge is 0.375 e. The lowest BCUT2D eigenvalue weighted by Crippen LogP contribution is -2.31. The zero-order chi connectivity index (χ0) is 14.3. The van der Waals surface area contributed by atoms with Crippen LogP contribution < -0.4 is 10.6 Å². The Morgan fingerprint density at radius 2 is 2.21 bits per heavy atom. The van der Waals surface area contributed by atoms with Gasteiger partial charge in [-0.3, -0.25) is 4.79 Å². The molecule has 0 heterocycles. The summed E-state index contributed by atoms with van der Waals surface area (Å²) in [5.41, 5.74) is 1.15. The number of carbonyl (C=O) groups is 1. The van der Waals surface area contributed by atoms with Gasteiger partial charge in [-0.25, -0.2) is 0 Å². The summed E-state index contributed by atoms with van der Waals surface area (Å²) in [6.07, 6.45) is 0.962. The first-order valence-corrected chi connectivity index (χ1v) is 6.61. The molecule has 102 valence electrons. The maximum absolute atomic E-state index is 11.6. The molecule has 0 spiro atoms. The number of amides is 1. The minimum atomic E-state index is -0.0684. The molecule has 0 fully saturated rings. The fraction of sp³-hybridized carbons (Fsp3) is 0.429. The van der Waals surface area contributed by atoms with Gasteiger partial charge in [0.25, 0.3) is 0 Å². The number of carbonyl (C=O) groups excluding carboxylic acids is 1. The van der Waals surface area contributed by atoms with Gasteiger partial charge in [0.2, 0.25) is 5.91 Å². The fourth-order valence-corrected chi connectivity index (χ4v) is 1.71. The van der Waals surface area contributed by atoms with E-state index in [4.69, 9.17) is 16.9 Å². The Kier molecular flexibility index (Phi) is 6.17. The Morgan fingerprint density at radius 1 is 1.47 bits per heavy atom. The molecule has 0 unspecified atom stereocenters. The van der Waals surface area contributed by atoms with Crippen LogP contribution in [0.4, 0.5) is 5.69 Å². The average molecular weight is 280 g/mol. The number of hydrogen-bond acceptors (Lipinski definition) is 3. The first-order chi connectivity index (χ1) is 9.02. The highest BCUT2D eigenvalue weighted by molar-refractivity contribution is 6.33. The van der Waals surface area contributed by atoms with Crippen molar-refractivity contribution >= 4 is 23.2 Å². The summed E-state index contributed by atoms with van der Waals surface area (Å²) >= 11 is 5.99. The molecule has 0 radical (unpaired) electrons. The molecule has 2 N–H and O–H groups in total. The third-order valence-corrected chi connectivity index (χ3v) is 2.89. The molecule has 0 bridgehead atoms. The molecule has 1 rings (SSSR count). The van der Waals surface area contributed by atoms with E-state index in [1.165, 1.54) is 0 Å². The number of benzene rings is 1. The predicted molar refractivity (Wildman–Crippen MR) is 77.1 cm³/mol. The average Bonchev–Trinajstić information content (AvgIpc) is 2.36. The molecule has 0 saturated heterocycles. The maximum Gasteiger partial charge on any atom is 0.239 e. The van der Waals surface area contributed by atoms with Gasteiger partial charge in [0, 0.05) is 6.54 Å². The van der Waals surface area contributed by atoms with Gasteiger partial charge in [-0.15, -0.1) is 0 Å². The van der Waals surface area contributed by atoms with Crippen molar-refractivity contribution in [3.63, 3.8) is 0 Å². The topological polar surface area (TPSA) is 64.9 Å². The Morgan fingerprint density at radius 3 is 2.79 bits per heavy atom. The van der Waals surface area contributed by atoms with E-state index in [0.717, 1.165) is 6.42 Å². The number of nitriles is 1. The van der Waals surface area contributed by atoms with Crippen molar-refractivity contribution in [2.75, 3.05) is 18.4 Å². The van der Waals surface area contributed by atoms with Gasteiger partial charge in [0.05, 0.1) is 28.9 Å². The van der Waals surface area contributed by atoms with Gasteiger partial charge in [0.15, 0.2) is 0 Å². The van der Waals surface area contributed by atoms with Crippen molar-refractivity contribution in [1.82, 2.24) is 5.32 Å². The van der Waals surface area contributed by atoms with Crippen LogP contribution in [-0.2, 0) is 4.79 Å². The van der Waals surface area contributed by atoms with Crippen molar-refractivity contribution < 1.29 is 4.79 Å². The molecule has 0 aliphatic heterocycles. The van der Waals surface area contributed by atoms with Crippen molar-refractivity contribution in [2.45, 2.75) is 20.3 Å². The van der Waals surface area contributed by atoms with Crippen LogP contribution in [0.2, 0.25) is 5.02 Å². The van der Waals surface area contributed by atoms with E-state index in [2.05, 4.69) is 24.5 Å². The predicted octanol–water partition coefficient (Wildman–Crippen LogP) is 2.79. The van der Waals surface area contributed by atoms with Gasteiger partial charge in [-0.05, 0) is 30.5 Å². The summed E-state index contributed by atoms with van der Waals surface area (Å²) in [4.78, 5) is 11.6. The lowest BCUT2D eigenvalue weighted by atomic mass is 10.1. The first-order valence-electron chi connectivity index (χ1n) is 6.23. The quantitative estimate of drug-likeness (QED) is 0.841. The molecule has 0 aliphatic rings. The Bertz CT molecular complexity index is 480. The number of nitrogens with zero attached hydrogens (tertiary/aromatic N) is 1. The molecular formula is C14H18ClN3O. The lowest BCUT2D eigenvalue weighted by molar-refractivity contribution is -0.119. The van der Waals surface area contributed by atoms with E-state index >= 15 is 0 Å². The highest BCUT2D eigenvalue weighted by Gasteiger charge is 2.05. The van der Waals surface area contributed by atoms with Gasteiger partial charge in [-0.2, -0.15) is 5.26 Å². The second-order valence-electron chi connectivity index (χ2n) is 4.69. The highest BCUT2D eigenvalue weighted by Crippen LogP contribution is 2.22. The molecule has 0 aliphatic carbocycles. The van der Waals surface area contributed by atoms with Crippen LogP contribution in [0.25, 0.3) is 0 Å². The molecule has 19 heavy (non-hydrogen) atoms. The first kappa shape index (κ1) is 15.3. The maximum atomic E-state index is 11.6. The van der Waals surface area contributed by atoms with E-state index in [1.807, 2.05) is 6.07 Å². The normalized spacial score (nSPS) is 10.1. The van der Waals surface area contributed by atoms with Crippen LogP contribution >= 0.6 is 11.6 Å². The molecule has 0 aromatic heterocycles. The smallest absolute Gasteiger partial charge is 0.239 e. The van der Waals surface area contributed by atoms with Gasteiger partial charge in [0.1, 0.15) is 0 Å². The van der Waals surface area contributed by atoms with Crippen LogP contribution in [0.15, 0.2) is 18.2 Å². The minimum absolute atomic E-state index is 0.0684. The summed E-state index contributed by atoms with van der Waals surface area (Å²) in [5, 5.41) is 14.9. The summed E-state index contributed by atoms with van der Waals surface area (Å²) in [5.74, 6) is 0.502. The molecule has 0 saturated carbocycles. The van der Waals surface area contributed by atoms with Crippen LogP contribution in [0.1, 0.15) is 25.8 Å². The SMILES string of the molecule is CC(C)CCNC(=O)CNc1ccc(C#N)cc1Cl. The zero-order valence-electron chi connectivity index (χ0n) is 11.2. The van der Waals surface area contributed by atoms with Crippen molar-refractivity contribution in [3.05, 3.63) is 28.8 Å². The lowest BCUT2D eigenvalue weighted by Gasteiger charge is -2.10. The molecule has 4 nitrogen and oxygen atoms in total. The second-order valence-corrected chi connectivity index (χ2v) is 5.10. The Labute approximate surface area is 118 Å². The number of hydrogen-bond donors (Lipinski definition) is 2. The van der Waals surface area contributed by atoms with E-state index in [0.29, 0.717) is 28.7 Å². The van der Waals surface area contributed by atoms with Crippen molar-refractivity contribution in [3.8, 4) is 6.07 Å². The highest BCUT2D eigenvalue weighted by atomic mass is 35.5. The zero-order valence-corrected chi connectivity index (χ0v) is 11.9. The third-order valence-electron chi connectivity index (χ3n) is 2.58. The summed E-state index contributed by atoms with van der Waals surface area (Å²) in [6.45, 7) is 5.07. The van der Waals surface area contributed by atoms with E-state index in [-0.39, 0.29) is 12.5 Å². The second kappa shape index (κ2) is 7.65. The molecule has 1 aromatic rings. The summed E-state index contributed by atoms with van der Waals surface area (Å²) in [7, 11) is 0. The van der Waals surface area contributed by atoms with Crippen LogP contribution in [0.5, 0.6) is 0 Å². The van der Waals surface area contributed by atoms with Crippen LogP contribution in [-0.4, -0.2) is 19.0 Å². The number of halogens is 1. The molecule has 5 heteroatoms. The van der Waals surface area contributed by atoms with Gasteiger partial charge >= 0.3 is 0 Å². The standard InChI is InChI=1S/C14H18ClN3O/c1-10(2)5-6-17-14(19)9-18-13-4-3-11(8-16)7-12(13)15/h3-4,7,10,18H,5-6,9H2,1-2H3,(H,17,19). The van der Waals surface area contributed by atoms with Gasteiger partial charge < -0.3 is 10.6 Å². The molecule has 1 amide bonds. The van der Waals surface area contributed by atoms with E-state index in [9.17, 15) is 4.79 Å². The summed E-state index contributed by atoms with van der Waals surface area (Å²) < 4.78 is 0. The van der Waals surface area contributed by atoms with Crippen LogP contribution in [0.3, 0.4) is 0 Å². The van der Waals surface area contributed by atoms with E-state index < -0.39 is 0 Å². The van der Waals surface area contributed by atoms with E-state index in [1.54, 1.807) is 18.2 Å². The molecule has 0 atom stereocenters. The molecular weight excluding hydrogens is 262 g/mol. The van der Waals surface area contributed by atoms with Gasteiger partial charge in [-0.1, -0.05) is 25.4 Å². The van der Waals surface area contributed by atoms with Crippen molar-refractivity contribution in [1.29, 1.82) is 5.26 Å². The van der Waals surface area contributed by atoms with Crippen molar-refractivity contribution in [2.24, 2.45) is 5.92 Å². The monoisotopic (exact) mass is 279 g/mol. The van der Waals surface area contributed by atoms with Crippen LogP contribution in [0, 0.1) is 17.2 Å². The number of nitrogens with one attached hydrogen (secondary N) is 2. The number of anilines is 1. The number of rotatable bonds is 6.